The average molecular weight is 274 g/mol. The van der Waals surface area contributed by atoms with E-state index in [1.165, 1.54) is 15.2 Å². The van der Waals surface area contributed by atoms with Gasteiger partial charge in [-0.1, -0.05) is 13.3 Å². The van der Waals surface area contributed by atoms with Crippen molar-refractivity contribution in [2.75, 3.05) is 18.8 Å². The molecule has 1 aromatic heterocycles. The molecule has 0 saturated carbocycles. The van der Waals surface area contributed by atoms with E-state index in [9.17, 15) is 13.5 Å². The third-order valence-corrected chi connectivity index (χ3v) is 4.90. The molecular formula is C10H18N4O3S. The van der Waals surface area contributed by atoms with Crippen LogP contribution >= 0.6 is 0 Å². The number of aromatic nitrogens is 2. The Bertz CT molecular complexity index is 545. The summed E-state index contributed by atoms with van der Waals surface area (Å²) in [5, 5.41) is 13.8. The van der Waals surface area contributed by atoms with E-state index in [1.54, 1.807) is 7.05 Å². The molecule has 0 atom stereocenters. The van der Waals surface area contributed by atoms with Gasteiger partial charge in [0.1, 0.15) is 4.90 Å². The summed E-state index contributed by atoms with van der Waals surface area (Å²) in [7, 11) is -2.03. The summed E-state index contributed by atoms with van der Waals surface area (Å²) >= 11 is 0. The molecule has 0 unspecified atom stereocenters. The predicted molar refractivity (Wildman–Crippen MR) is 66.2 cm³/mol. The van der Waals surface area contributed by atoms with Gasteiger partial charge >= 0.3 is 0 Å². The van der Waals surface area contributed by atoms with Gasteiger partial charge in [-0.25, -0.2) is 8.42 Å². The molecule has 1 fully saturated rings. The van der Waals surface area contributed by atoms with E-state index in [0.717, 1.165) is 6.42 Å². The van der Waals surface area contributed by atoms with Gasteiger partial charge in [-0.2, -0.15) is 9.40 Å². The van der Waals surface area contributed by atoms with Crippen molar-refractivity contribution < 1.29 is 13.5 Å². The lowest BCUT2D eigenvalue weighted by atomic mass is 9.92. The normalized spacial score (nSPS) is 19.7. The van der Waals surface area contributed by atoms with E-state index in [-0.39, 0.29) is 23.8 Å². The van der Waals surface area contributed by atoms with Crippen LogP contribution in [0.1, 0.15) is 19.8 Å². The number of anilines is 1. The number of hydrogen-bond acceptors (Lipinski definition) is 5. The number of sulfonamides is 1. The molecule has 0 radical (unpaired) electrons. The zero-order valence-corrected chi connectivity index (χ0v) is 11.3. The first-order chi connectivity index (χ1) is 8.28. The molecule has 1 aliphatic rings. The van der Waals surface area contributed by atoms with Crippen LogP contribution < -0.4 is 5.73 Å². The third-order valence-electron chi connectivity index (χ3n) is 3.10. The minimum absolute atomic E-state index is 0.00329. The summed E-state index contributed by atoms with van der Waals surface area (Å²) in [6.07, 6.45) is 2.79. The van der Waals surface area contributed by atoms with Crippen LogP contribution in [0.5, 0.6) is 0 Å². The largest absolute Gasteiger partial charge is 0.387 e. The third kappa shape index (κ3) is 2.11. The first kappa shape index (κ1) is 13.3. The predicted octanol–water partition coefficient (Wildman–Crippen LogP) is -0.462. The Balaban J connectivity index is 2.18. The molecule has 7 nitrogen and oxygen atoms in total. The standard InChI is InChI=1S/C10H18N4O3S/c1-3-4-10(15)6-14(7-10)18(16,17)8-5-13(2)12-9(8)11/h5,15H,3-4,6-7H2,1-2H3,(H2,11,12). The van der Waals surface area contributed by atoms with Crippen LogP contribution in [0.2, 0.25) is 0 Å². The molecule has 2 heterocycles. The summed E-state index contributed by atoms with van der Waals surface area (Å²) in [5.74, 6) is -0.0107. The molecule has 102 valence electrons. The highest BCUT2D eigenvalue weighted by Gasteiger charge is 2.47. The summed E-state index contributed by atoms with van der Waals surface area (Å²) in [4.78, 5) is 0.00329. The Hall–Kier alpha value is -1.12. The van der Waals surface area contributed by atoms with Gasteiger partial charge in [0.2, 0.25) is 10.0 Å². The van der Waals surface area contributed by atoms with Crippen molar-refractivity contribution in [2.45, 2.75) is 30.3 Å². The summed E-state index contributed by atoms with van der Waals surface area (Å²) in [6, 6.07) is 0. The van der Waals surface area contributed by atoms with Crippen LogP contribution in [0, 0.1) is 0 Å². The lowest BCUT2D eigenvalue weighted by molar-refractivity contribution is -0.0653. The van der Waals surface area contributed by atoms with Gasteiger partial charge < -0.3 is 10.8 Å². The van der Waals surface area contributed by atoms with E-state index < -0.39 is 15.6 Å². The van der Waals surface area contributed by atoms with Crippen molar-refractivity contribution in [1.29, 1.82) is 0 Å². The highest BCUT2D eigenvalue weighted by atomic mass is 32.2. The maximum absolute atomic E-state index is 12.2. The number of aryl methyl sites for hydroxylation is 1. The maximum atomic E-state index is 12.2. The number of aliphatic hydroxyl groups is 1. The number of nitrogens with two attached hydrogens (primary N) is 1. The SMILES string of the molecule is CCCC1(O)CN(S(=O)(=O)c2cn(C)nc2N)C1. The molecule has 18 heavy (non-hydrogen) atoms. The van der Waals surface area contributed by atoms with E-state index in [4.69, 9.17) is 5.73 Å². The van der Waals surface area contributed by atoms with Crippen LogP contribution in [0.3, 0.4) is 0 Å². The van der Waals surface area contributed by atoms with Gasteiger partial charge in [0.15, 0.2) is 5.82 Å². The second kappa shape index (κ2) is 4.22. The number of hydrogen-bond donors (Lipinski definition) is 2. The molecule has 1 aliphatic heterocycles. The van der Waals surface area contributed by atoms with Gasteiger partial charge in [-0.15, -0.1) is 0 Å². The van der Waals surface area contributed by atoms with Crippen molar-refractivity contribution in [3.63, 3.8) is 0 Å². The molecule has 0 bridgehead atoms. The van der Waals surface area contributed by atoms with Crippen molar-refractivity contribution in [3.8, 4) is 0 Å². The summed E-state index contributed by atoms with van der Waals surface area (Å²) in [5.41, 5.74) is 4.68. The smallest absolute Gasteiger partial charge is 0.248 e. The second-order valence-electron chi connectivity index (χ2n) is 4.80. The fourth-order valence-corrected chi connectivity index (χ4v) is 3.91. The highest BCUT2D eigenvalue weighted by Crippen LogP contribution is 2.32. The zero-order chi connectivity index (χ0) is 13.6. The summed E-state index contributed by atoms with van der Waals surface area (Å²) in [6.45, 7) is 2.20. The second-order valence-corrected chi connectivity index (χ2v) is 6.71. The Labute approximate surface area is 106 Å². The van der Waals surface area contributed by atoms with Gasteiger partial charge in [-0.05, 0) is 6.42 Å². The first-order valence-electron chi connectivity index (χ1n) is 5.80. The molecule has 2 rings (SSSR count). The van der Waals surface area contributed by atoms with Gasteiger partial charge in [0, 0.05) is 26.3 Å². The van der Waals surface area contributed by atoms with Crippen molar-refractivity contribution >= 4 is 15.8 Å². The monoisotopic (exact) mass is 274 g/mol. The highest BCUT2D eigenvalue weighted by molar-refractivity contribution is 7.89. The van der Waals surface area contributed by atoms with Gasteiger partial charge in [0.05, 0.1) is 5.60 Å². The Morgan fingerprint density at radius 2 is 2.17 bits per heavy atom. The zero-order valence-electron chi connectivity index (χ0n) is 10.5. The quantitative estimate of drug-likeness (QED) is 0.773. The van der Waals surface area contributed by atoms with Crippen molar-refractivity contribution in [2.24, 2.45) is 7.05 Å². The molecule has 3 N–H and O–H groups in total. The Kier molecular flexibility index (Phi) is 3.12. The van der Waals surface area contributed by atoms with E-state index >= 15 is 0 Å². The van der Waals surface area contributed by atoms with Gasteiger partial charge in [-0.3, -0.25) is 4.68 Å². The maximum Gasteiger partial charge on any atom is 0.248 e. The minimum atomic E-state index is -3.64. The summed E-state index contributed by atoms with van der Waals surface area (Å²) < 4.78 is 27.0. The van der Waals surface area contributed by atoms with Crippen LogP contribution in [0.15, 0.2) is 11.1 Å². The molecule has 1 aromatic rings. The van der Waals surface area contributed by atoms with E-state index in [1.807, 2.05) is 6.92 Å². The fourth-order valence-electron chi connectivity index (χ4n) is 2.23. The molecule has 0 aliphatic carbocycles. The first-order valence-corrected chi connectivity index (χ1v) is 7.24. The molecule has 8 heteroatoms. The van der Waals surface area contributed by atoms with Gasteiger partial charge in [0.25, 0.3) is 0 Å². The van der Waals surface area contributed by atoms with Crippen molar-refractivity contribution in [3.05, 3.63) is 6.20 Å². The minimum Gasteiger partial charge on any atom is -0.387 e. The fraction of sp³-hybridized carbons (Fsp3) is 0.700. The van der Waals surface area contributed by atoms with E-state index in [0.29, 0.717) is 6.42 Å². The number of nitrogens with zero attached hydrogens (tertiary/aromatic N) is 3. The molecule has 0 aromatic carbocycles. The number of nitrogen functional groups attached to an aromatic ring is 1. The number of β-amino-alcohol motifs (C(OH)–C–C–N with tert-alkyl or cyclic N) is 1. The van der Waals surface area contributed by atoms with Crippen LogP contribution in [0.4, 0.5) is 5.82 Å². The lowest BCUT2D eigenvalue weighted by Crippen LogP contribution is -2.63. The van der Waals surface area contributed by atoms with Crippen molar-refractivity contribution in [1.82, 2.24) is 14.1 Å². The molecule has 0 spiro atoms. The molecule has 0 amide bonds. The topological polar surface area (TPSA) is 101 Å². The van der Waals surface area contributed by atoms with Crippen LogP contribution in [0.25, 0.3) is 0 Å². The molecule has 1 saturated heterocycles. The Morgan fingerprint density at radius 3 is 2.61 bits per heavy atom. The van der Waals surface area contributed by atoms with Crippen LogP contribution in [-0.4, -0.2) is 46.3 Å². The molecular weight excluding hydrogens is 256 g/mol. The number of rotatable bonds is 4. The lowest BCUT2D eigenvalue weighted by Gasteiger charge is -2.45. The average Bonchev–Trinajstić information content (AvgIpc) is 2.55. The van der Waals surface area contributed by atoms with Crippen LogP contribution in [-0.2, 0) is 17.1 Å². The Morgan fingerprint density at radius 1 is 1.56 bits per heavy atom. The van der Waals surface area contributed by atoms with E-state index in [2.05, 4.69) is 5.10 Å².